The zero-order chi connectivity index (χ0) is 10.1. The molecule has 1 aromatic carbocycles. The van der Waals surface area contributed by atoms with Crippen molar-refractivity contribution in [2.45, 2.75) is 6.92 Å². The van der Waals surface area contributed by atoms with Crippen molar-refractivity contribution in [3.05, 3.63) is 32.7 Å². The summed E-state index contributed by atoms with van der Waals surface area (Å²) in [6, 6.07) is 6.09. The molecule has 1 heterocycles. The minimum Gasteiger partial charge on any atom is -0.137 e. The molecule has 14 heavy (non-hydrogen) atoms. The van der Waals surface area contributed by atoms with Gasteiger partial charge in [0.1, 0.15) is 5.01 Å². The molecule has 0 unspecified atom stereocenters. The van der Waals surface area contributed by atoms with E-state index in [9.17, 15) is 0 Å². The molecular formula is C9H6BrClN2S. The van der Waals surface area contributed by atoms with Crippen LogP contribution in [0.5, 0.6) is 0 Å². The van der Waals surface area contributed by atoms with Crippen LogP contribution in [0.2, 0.25) is 4.47 Å². The van der Waals surface area contributed by atoms with Gasteiger partial charge in [0, 0.05) is 10.0 Å². The SMILES string of the molecule is Cc1ccc(-c2nnc(Cl)s2)c(Br)c1. The highest BCUT2D eigenvalue weighted by Crippen LogP contribution is 2.32. The van der Waals surface area contributed by atoms with Gasteiger partial charge < -0.3 is 0 Å². The first kappa shape index (κ1) is 10.1. The third-order valence-electron chi connectivity index (χ3n) is 1.76. The first-order chi connectivity index (χ1) is 6.66. The van der Waals surface area contributed by atoms with Crippen LogP contribution in [0.1, 0.15) is 5.56 Å². The van der Waals surface area contributed by atoms with E-state index in [1.54, 1.807) is 0 Å². The number of aromatic nitrogens is 2. The normalized spacial score (nSPS) is 10.5. The molecule has 0 spiro atoms. The zero-order valence-corrected chi connectivity index (χ0v) is 10.4. The standard InChI is InChI=1S/C9H6BrClN2S/c1-5-2-3-6(7(10)4-5)8-12-13-9(11)14-8/h2-4H,1H3. The van der Waals surface area contributed by atoms with Gasteiger partial charge >= 0.3 is 0 Å². The van der Waals surface area contributed by atoms with Crippen LogP contribution in [-0.2, 0) is 0 Å². The maximum Gasteiger partial charge on any atom is 0.207 e. The lowest BCUT2D eigenvalue weighted by molar-refractivity contribution is 1.09. The number of benzene rings is 1. The third-order valence-corrected chi connectivity index (χ3v) is 3.46. The van der Waals surface area contributed by atoms with Crippen LogP contribution in [0.25, 0.3) is 10.6 Å². The lowest BCUT2D eigenvalue weighted by Crippen LogP contribution is -1.80. The summed E-state index contributed by atoms with van der Waals surface area (Å²) in [7, 11) is 0. The van der Waals surface area contributed by atoms with E-state index in [-0.39, 0.29) is 0 Å². The molecule has 0 aliphatic carbocycles. The summed E-state index contributed by atoms with van der Waals surface area (Å²) >= 11 is 10.6. The molecule has 0 atom stereocenters. The van der Waals surface area contributed by atoms with Gasteiger partial charge in [0.2, 0.25) is 4.47 Å². The molecule has 72 valence electrons. The van der Waals surface area contributed by atoms with E-state index < -0.39 is 0 Å². The van der Waals surface area contributed by atoms with E-state index in [1.807, 2.05) is 25.1 Å². The number of aryl methyl sites for hydroxylation is 1. The Hall–Kier alpha value is -0.450. The first-order valence-electron chi connectivity index (χ1n) is 3.92. The molecule has 1 aromatic heterocycles. The van der Waals surface area contributed by atoms with Crippen LogP contribution < -0.4 is 0 Å². The molecule has 2 aromatic rings. The Labute approximate surface area is 99.1 Å². The summed E-state index contributed by atoms with van der Waals surface area (Å²) < 4.78 is 1.48. The van der Waals surface area contributed by atoms with Gasteiger partial charge in [0.05, 0.1) is 0 Å². The van der Waals surface area contributed by atoms with Crippen LogP contribution in [0, 0.1) is 6.92 Å². The van der Waals surface area contributed by atoms with E-state index in [0.717, 1.165) is 15.0 Å². The van der Waals surface area contributed by atoms with E-state index >= 15 is 0 Å². The number of nitrogens with zero attached hydrogens (tertiary/aromatic N) is 2. The van der Waals surface area contributed by atoms with Crippen molar-refractivity contribution >= 4 is 38.9 Å². The molecule has 0 saturated carbocycles. The smallest absolute Gasteiger partial charge is 0.137 e. The van der Waals surface area contributed by atoms with Gasteiger partial charge in [-0.15, -0.1) is 10.2 Å². The first-order valence-corrected chi connectivity index (χ1v) is 5.91. The minimum atomic E-state index is 0.465. The van der Waals surface area contributed by atoms with Crippen molar-refractivity contribution in [3.63, 3.8) is 0 Å². The Balaban J connectivity index is 2.52. The largest absolute Gasteiger partial charge is 0.207 e. The fourth-order valence-electron chi connectivity index (χ4n) is 1.11. The zero-order valence-electron chi connectivity index (χ0n) is 7.29. The van der Waals surface area contributed by atoms with Gasteiger partial charge in [-0.3, -0.25) is 0 Å². The Kier molecular flexibility index (Phi) is 2.85. The van der Waals surface area contributed by atoms with Crippen LogP contribution in [-0.4, -0.2) is 10.2 Å². The minimum absolute atomic E-state index is 0.465. The monoisotopic (exact) mass is 288 g/mol. The summed E-state index contributed by atoms with van der Waals surface area (Å²) in [5.41, 5.74) is 2.23. The summed E-state index contributed by atoms with van der Waals surface area (Å²) in [5.74, 6) is 0. The summed E-state index contributed by atoms with van der Waals surface area (Å²) in [6.45, 7) is 2.04. The van der Waals surface area contributed by atoms with Gasteiger partial charge in [-0.1, -0.05) is 39.4 Å². The molecule has 0 aliphatic rings. The molecule has 0 radical (unpaired) electrons. The molecule has 0 N–H and O–H groups in total. The van der Waals surface area contributed by atoms with Crippen LogP contribution in [0.15, 0.2) is 22.7 Å². The van der Waals surface area contributed by atoms with Crippen molar-refractivity contribution in [1.29, 1.82) is 0 Å². The van der Waals surface area contributed by atoms with Crippen LogP contribution in [0.3, 0.4) is 0 Å². The molecule has 0 aliphatic heterocycles. The van der Waals surface area contributed by atoms with E-state index in [1.165, 1.54) is 16.9 Å². The second kappa shape index (κ2) is 3.96. The van der Waals surface area contributed by atoms with E-state index in [2.05, 4.69) is 26.1 Å². The molecule has 0 amide bonds. The van der Waals surface area contributed by atoms with Gasteiger partial charge in [0.15, 0.2) is 0 Å². The fraction of sp³-hybridized carbons (Fsp3) is 0.111. The molecule has 0 saturated heterocycles. The average Bonchev–Trinajstić information content (AvgIpc) is 2.51. The number of rotatable bonds is 1. The van der Waals surface area contributed by atoms with Gasteiger partial charge in [0.25, 0.3) is 0 Å². The van der Waals surface area contributed by atoms with Crippen molar-refractivity contribution in [3.8, 4) is 10.6 Å². The highest BCUT2D eigenvalue weighted by Gasteiger charge is 2.08. The Morgan fingerprint density at radius 1 is 1.36 bits per heavy atom. The van der Waals surface area contributed by atoms with E-state index in [0.29, 0.717) is 4.47 Å². The topological polar surface area (TPSA) is 25.8 Å². The van der Waals surface area contributed by atoms with Gasteiger partial charge in [-0.2, -0.15) is 0 Å². The fourth-order valence-corrected chi connectivity index (χ4v) is 2.79. The van der Waals surface area contributed by atoms with Gasteiger partial charge in [-0.05, 0) is 30.2 Å². The van der Waals surface area contributed by atoms with Crippen molar-refractivity contribution in [1.82, 2.24) is 10.2 Å². The lowest BCUT2D eigenvalue weighted by Gasteiger charge is -2.00. The molecule has 5 heteroatoms. The molecular weight excluding hydrogens is 284 g/mol. The van der Waals surface area contributed by atoms with Crippen LogP contribution in [0.4, 0.5) is 0 Å². The molecule has 2 rings (SSSR count). The predicted molar refractivity (Wildman–Crippen MR) is 62.8 cm³/mol. The predicted octanol–water partition coefficient (Wildman–Crippen LogP) is 3.93. The maximum absolute atomic E-state index is 5.72. The Bertz CT molecular complexity index is 470. The number of hydrogen-bond acceptors (Lipinski definition) is 3. The quantitative estimate of drug-likeness (QED) is 0.795. The molecule has 0 bridgehead atoms. The van der Waals surface area contributed by atoms with E-state index in [4.69, 9.17) is 11.6 Å². The molecule has 2 nitrogen and oxygen atoms in total. The summed E-state index contributed by atoms with van der Waals surface area (Å²) in [5, 5.41) is 8.59. The Morgan fingerprint density at radius 3 is 2.71 bits per heavy atom. The maximum atomic E-state index is 5.72. The highest BCUT2D eigenvalue weighted by atomic mass is 79.9. The van der Waals surface area contributed by atoms with Crippen LogP contribution >= 0.6 is 38.9 Å². The van der Waals surface area contributed by atoms with Crippen molar-refractivity contribution < 1.29 is 0 Å². The number of hydrogen-bond donors (Lipinski definition) is 0. The van der Waals surface area contributed by atoms with Crippen molar-refractivity contribution in [2.75, 3.05) is 0 Å². The highest BCUT2D eigenvalue weighted by molar-refractivity contribution is 9.10. The number of halogens is 2. The third kappa shape index (κ3) is 1.97. The lowest BCUT2D eigenvalue weighted by atomic mass is 10.2. The Morgan fingerprint density at radius 2 is 2.14 bits per heavy atom. The molecule has 0 fully saturated rings. The summed E-state index contributed by atoms with van der Waals surface area (Å²) in [6.07, 6.45) is 0. The second-order valence-electron chi connectivity index (χ2n) is 2.84. The van der Waals surface area contributed by atoms with Gasteiger partial charge in [-0.25, -0.2) is 0 Å². The summed E-state index contributed by atoms with van der Waals surface area (Å²) in [4.78, 5) is 0. The average molecular weight is 290 g/mol. The van der Waals surface area contributed by atoms with Crippen molar-refractivity contribution in [2.24, 2.45) is 0 Å². The second-order valence-corrected chi connectivity index (χ2v) is 5.26.